The second-order valence-electron chi connectivity index (χ2n) is 6.89. The zero-order valence-electron chi connectivity index (χ0n) is 16.7. The van der Waals surface area contributed by atoms with E-state index >= 15 is 0 Å². The van der Waals surface area contributed by atoms with Crippen LogP contribution in [-0.4, -0.2) is 25.6 Å². The number of hydrogen-bond acceptors (Lipinski definition) is 4. The van der Waals surface area contributed by atoms with E-state index in [1.54, 1.807) is 43.5 Å². The van der Waals surface area contributed by atoms with Crippen LogP contribution in [0.25, 0.3) is 0 Å². The van der Waals surface area contributed by atoms with Gasteiger partial charge < -0.3 is 25.4 Å². The Morgan fingerprint density at radius 3 is 2.61 bits per heavy atom. The number of anilines is 2. The van der Waals surface area contributed by atoms with Gasteiger partial charge in [-0.1, -0.05) is 23.7 Å². The van der Waals surface area contributed by atoms with Crippen LogP contribution in [0, 0.1) is 0 Å². The number of carbonyl (C=O) groups is 2. The van der Waals surface area contributed by atoms with Crippen LogP contribution in [-0.2, 0) is 6.42 Å². The first-order valence-electron chi connectivity index (χ1n) is 9.62. The second kappa shape index (κ2) is 8.97. The van der Waals surface area contributed by atoms with Gasteiger partial charge in [-0.3, -0.25) is 4.79 Å². The molecule has 8 heteroatoms. The van der Waals surface area contributed by atoms with Gasteiger partial charge in [-0.25, -0.2) is 4.79 Å². The first kappa shape index (κ1) is 20.6. The number of methoxy groups -OCH3 is 1. The number of nitrogens with one attached hydrogen (secondary N) is 3. The van der Waals surface area contributed by atoms with Gasteiger partial charge in [0.15, 0.2) is 5.75 Å². The van der Waals surface area contributed by atoms with Crippen LogP contribution in [0.3, 0.4) is 0 Å². The highest BCUT2D eigenvalue weighted by Gasteiger charge is 2.21. The van der Waals surface area contributed by atoms with E-state index in [1.807, 2.05) is 24.3 Å². The molecule has 0 spiro atoms. The minimum atomic E-state index is -0.363. The van der Waals surface area contributed by atoms with Gasteiger partial charge >= 0.3 is 6.03 Å². The zero-order chi connectivity index (χ0) is 21.8. The quantitative estimate of drug-likeness (QED) is 0.520. The molecular weight excluding hydrogens is 418 g/mol. The normalized spacial score (nSPS) is 11.9. The summed E-state index contributed by atoms with van der Waals surface area (Å²) in [5.41, 5.74) is 2.35. The summed E-state index contributed by atoms with van der Waals surface area (Å²) in [5.74, 6) is 1.33. The van der Waals surface area contributed by atoms with Crippen molar-refractivity contribution >= 4 is 34.9 Å². The van der Waals surface area contributed by atoms with Crippen molar-refractivity contribution in [1.29, 1.82) is 0 Å². The monoisotopic (exact) mass is 437 g/mol. The Balaban J connectivity index is 1.37. The van der Waals surface area contributed by atoms with E-state index in [0.29, 0.717) is 46.4 Å². The number of hydrogen-bond donors (Lipinski definition) is 3. The summed E-state index contributed by atoms with van der Waals surface area (Å²) < 4.78 is 11.0. The van der Waals surface area contributed by atoms with Crippen LogP contribution in [0.5, 0.6) is 17.2 Å². The molecule has 3 aromatic carbocycles. The van der Waals surface area contributed by atoms with E-state index < -0.39 is 0 Å². The van der Waals surface area contributed by atoms with Gasteiger partial charge in [-0.2, -0.15) is 0 Å². The van der Waals surface area contributed by atoms with E-state index in [2.05, 4.69) is 16.0 Å². The maximum atomic E-state index is 12.6. The van der Waals surface area contributed by atoms with Crippen LogP contribution in [0.2, 0.25) is 5.02 Å². The SMILES string of the molecule is COc1ccc(CCNC(=O)Nc2ccc3c(c2)C(=O)Nc2cc(Cl)ccc2O3)cc1. The van der Waals surface area contributed by atoms with E-state index in [-0.39, 0.29) is 11.9 Å². The number of urea groups is 1. The van der Waals surface area contributed by atoms with Gasteiger partial charge in [-0.05, 0) is 60.5 Å². The first-order valence-corrected chi connectivity index (χ1v) is 10.0. The molecule has 0 aromatic heterocycles. The predicted molar refractivity (Wildman–Crippen MR) is 120 cm³/mol. The number of carbonyl (C=O) groups excluding carboxylic acids is 2. The Bertz CT molecular complexity index is 1130. The first-order chi connectivity index (χ1) is 15.0. The van der Waals surface area contributed by atoms with Crippen LogP contribution in [0.4, 0.5) is 16.2 Å². The van der Waals surface area contributed by atoms with Crippen molar-refractivity contribution in [2.75, 3.05) is 24.3 Å². The van der Waals surface area contributed by atoms with Crippen molar-refractivity contribution in [3.63, 3.8) is 0 Å². The van der Waals surface area contributed by atoms with Crippen LogP contribution in [0.1, 0.15) is 15.9 Å². The highest BCUT2D eigenvalue weighted by molar-refractivity contribution is 6.31. The van der Waals surface area contributed by atoms with Crippen molar-refractivity contribution in [1.82, 2.24) is 5.32 Å². The largest absolute Gasteiger partial charge is 0.497 e. The fourth-order valence-corrected chi connectivity index (χ4v) is 3.33. The van der Waals surface area contributed by atoms with Gasteiger partial charge in [0.25, 0.3) is 5.91 Å². The number of rotatable bonds is 5. The number of halogens is 1. The topological polar surface area (TPSA) is 88.7 Å². The number of benzene rings is 3. The summed E-state index contributed by atoms with van der Waals surface area (Å²) in [6.07, 6.45) is 0.679. The second-order valence-corrected chi connectivity index (χ2v) is 7.32. The number of fused-ring (bicyclic) bond motifs is 2. The van der Waals surface area contributed by atoms with E-state index in [1.165, 1.54) is 0 Å². The smallest absolute Gasteiger partial charge is 0.319 e. The molecule has 0 fully saturated rings. The molecule has 31 heavy (non-hydrogen) atoms. The fraction of sp³-hybridized carbons (Fsp3) is 0.130. The summed E-state index contributed by atoms with van der Waals surface area (Å²) in [4.78, 5) is 24.9. The Morgan fingerprint density at radius 2 is 1.84 bits per heavy atom. The molecule has 1 heterocycles. The predicted octanol–water partition coefficient (Wildman–Crippen LogP) is 5.07. The third kappa shape index (κ3) is 4.90. The molecule has 3 amide bonds. The minimum Gasteiger partial charge on any atom is -0.497 e. The van der Waals surface area contributed by atoms with Crippen LogP contribution < -0.4 is 25.4 Å². The highest BCUT2D eigenvalue weighted by atomic mass is 35.5. The molecule has 7 nitrogen and oxygen atoms in total. The molecular formula is C23H20ClN3O4. The molecule has 158 valence electrons. The summed E-state index contributed by atoms with van der Waals surface area (Å²) in [6.45, 7) is 0.461. The molecule has 1 aliphatic heterocycles. The maximum absolute atomic E-state index is 12.6. The average molecular weight is 438 g/mol. The van der Waals surface area contributed by atoms with Crippen molar-refractivity contribution in [3.05, 3.63) is 76.8 Å². The Kier molecular flexibility index (Phi) is 5.95. The molecule has 4 rings (SSSR count). The lowest BCUT2D eigenvalue weighted by Gasteiger charge is -2.11. The van der Waals surface area contributed by atoms with Gasteiger partial charge in [-0.15, -0.1) is 0 Å². The minimum absolute atomic E-state index is 0.309. The third-order valence-electron chi connectivity index (χ3n) is 4.75. The molecule has 0 unspecified atom stereocenters. The van der Waals surface area contributed by atoms with Gasteiger partial charge in [0, 0.05) is 17.3 Å². The summed E-state index contributed by atoms with van der Waals surface area (Å²) in [7, 11) is 1.62. The molecule has 0 atom stereocenters. The molecule has 1 aliphatic rings. The molecule has 0 radical (unpaired) electrons. The highest BCUT2D eigenvalue weighted by Crippen LogP contribution is 2.37. The van der Waals surface area contributed by atoms with Crippen molar-refractivity contribution in [3.8, 4) is 17.2 Å². The lowest BCUT2D eigenvalue weighted by Crippen LogP contribution is -2.30. The summed E-state index contributed by atoms with van der Waals surface area (Å²) in [6, 6.07) is 17.2. The van der Waals surface area contributed by atoms with E-state index in [4.69, 9.17) is 21.1 Å². The van der Waals surface area contributed by atoms with Gasteiger partial charge in [0.2, 0.25) is 0 Å². The third-order valence-corrected chi connectivity index (χ3v) is 4.99. The number of amides is 3. The maximum Gasteiger partial charge on any atom is 0.319 e. The molecule has 3 N–H and O–H groups in total. The van der Waals surface area contributed by atoms with Crippen LogP contribution >= 0.6 is 11.6 Å². The summed E-state index contributed by atoms with van der Waals surface area (Å²) >= 11 is 6.00. The molecule has 0 saturated heterocycles. The van der Waals surface area contributed by atoms with E-state index in [9.17, 15) is 9.59 Å². The standard InChI is InChI=1S/C23H20ClN3O4/c1-30-17-6-2-14(3-7-17)10-11-25-23(29)26-16-5-9-20-18(13-16)22(28)27-19-12-15(24)4-8-21(19)31-20/h2-9,12-13H,10-11H2,1H3,(H,27,28)(H2,25,26,29). The molecule has 3 aromatic rings. The summed E-state index contributed by atoms with van der Waals surface area (Å²) in [5, 5.41) is 8.81. The van der Waals surface area contributed by atoms with Gasteiger partial charge in [0.05, 0.1) is 18.4 Å². The Hall–Kier alpha value is -3.71. The van der Waals surface area contributed by atoms with E-state index in [0.717, 1.165) is 11.3 Å². The lowest BCUT2D eigenvalue weighted by atomic mass is 10.1. The molecule has 0 bridgehead atoms. The zero-order valence-corrected chi connectivity index (χ0v) is 17.5. The Morgan fingerprint density at radius 1 is 1.06 bits per heavy atom. The van der Waals surface area contributed by atoms with Crippen LogP contribution in [0.15, 0.2) is 60.7 Å². The van der Waals surface area contributed by atoms with Crippen molar-refractivity contribution in [2.45, 2.75) is 6.42 Å². The van der Waals surface area contributed by atoms with Crippen molar-refractivity contribution in [2.24, 2.45) is 0 Å². The molecule has 0 saturated carbocycles. The average Bonchev–Trinajstić information content (AvgIpc) is 2.90. The fourth-order valence-electron chi connectivity index (χ4n) is 3.16. The number of ether oxygens (including phenoxy) is 2. The molecule has 0 aliphatic carbocycles. The lowest BCUT2D eigenvalue weighted by molar-refractivity contribution is 0.102. The van der Waals surface area contributed by atoms with Gasteiger partial charge in [0.1, 0.15) is 11.5 Å². The van der Waals surface area contributed by atoms with Crippen molar-refractivity contribution < 1.29 is 19.1 Å². The Labute approximate surface area is 184 Å².